The highest BCUT2D eigenvalue weighted by Crippen LogP contribution is 2.31. The molecule has 1 fully saturated rings. The highest BCUT2D eigenvalue weighted by Gasteiger charge is 2.34. The van der Waals surface area contributed by atoms with E-state index in [-0.39, 0.29) is 18.3 Å². The van der Waals surface area contributed by atoms with Gasteiger partial charge in [0.15, 0.2) is 11.5 Å². The summed E-state index contributed by atoms with van der Waals surface area (Å²) in [6.07, 6.45) is -0.681. The van der Waals surface area contributed by atoms with E-state index in [0.29, 0.717) is 37.7 Å². The van der Waals surface area contributed by atoms with Crippen LogP contribution in [0.4, 0.5) is 0 Å². The first-order valence-corrected chi connectivity index (χ1v) is 9.27. The van der Waals surface area contributed by atoms with Gasteiger partial charge in [0.2, 0.25) is 16.1 Å². The molecule has 1 atom stereocenters. The Hall–Kier alpha value is -1.80. The van der Waals surface area contributed by atoms with Gasteiger partial charge in [-0.15, -0.1) is 0 Å². The number of benzene rings is 1. The van der Waals surface area contributed by atoms with E-state index in [1.54, 1.807) is 24.0 Å². The molecule has 126 valence electrons. The first kappa shape index (κ1) is 16.1. The zero-order valence-electron chi connectivity index (χ0n) is 13.0. The second-order valence-corrected chi connectivity index (χ2v) is 7.75. The number of sulfonamides is 1. The molecule has 2 heterocycles. The highest BCUT2D eigenvalue weighted by atomic mass is 32.2. The minimum Gasteiger partial charge on any atom is -0.485 e. The van der Waals surface area contributed by atoms with E-state index in [4.69, 9.17) is 9.47 Å². The molecule has 0 unspecified atom stereocenters. The Morgan fingerprint density at radius 3 is 2.48 bits per heavy atom. The van der Waals surface area contributed by atoms with E-state index >= 15 is 0 Å². The monoisotopic (exact) mass is 340 g/mol. The van der Waals surface area contributed by atoms with Crippen LogP contribution in [0.5, 0.6) is 11.5 Å². The molecule has 23 heavy (non-hydrogen) atoms. The number of rotatable bonds is 3. The van der Waals surface area contributed by atoms with Crippen molar-refractivity contribution in [3.05, 3.63) is 24.3 Å². The number of piperazine rings is 1. The first-order valence-electron chi connectivity index (χ1n) is 7.66. The molecular formula is C15H20N2O5S. The van der Waals surface area contributed by atoms with Crippen molar-refractivity contribution in [2.75, 3.05) is 38.5 Å². The second kappa shape index (κ2) is 6.37. The van der Waals surface area contributed by atoms with E-state index in [1.165, 1.54) is 4.31 Å². The maximum atomic E-state index is 12.5. The van der Waals surface area contributed by atoms with Crippen LogP contribution in [0.15, 0.2) is 24.3 Å². The SMILES string of the molecule is CCS(=O)(=O)N1CCN(C(=O)[C@H]2COc3ccccc3O2)CC1. The van der Waals surface area contributed by atoms with Crippen LogP contribution in [0.3, 0.4) is 0 Å². The fourth-order valence-corrected chi connectivity index (χ4v) is 3.80. The van der Waals surface area contributed by atoms with Crippen molar-refractivity contribution in [3.8, 4) is 11.5 Å². The maximum Gasteiger partial charge on any atom is 0.267 e. The zero-order valence-corrected chi connectivity index (χ0v) is 13.8. The van der Waals surface area contributed by atoms with Crippen LogP contribution in [0, 0.1) is 0 Å². The molecule has 2 aliphatic heterocycles. The molecule has 0 saturated carbocycles. The van der Waals surface area contributed by atoms with Crippen molar-refractivity contribution in [1.82, 2.24) is 9.21 Å². The summed E-state index contributed by atoms with van der Waals surface area (Å²) >= 11 is 0. The van der Waals surface area contributed by atoms with Crippen LogP contribution in [0.1, 0.15) is 6.92 Å². The molecule has 1 aromatic rings. The zero-order chi connectivity index (χ0) is 16.4. The van der Waals surface area contributed by atoms with Crippen LogP contribution in [-0.4, -0.2) is 68.2 Å². The van der Waals surface area contributed by atoms with Gasteiger partial charge in [0.05, 0.1) is 5.75 Å². The van der Waals surface area contributed by atoms with Gasteiger partial charge in [0.25, 0.3) is 5.91 Å². The molecule has 2 aliphatic rings. The molecule has 0 N–H and O–H groups in total. The molecular weight excluding hydrogens is 320 g/mol. The first-order chi connectivity index (χ1) is 11.0. The lowest BCUT2D eigenvalue weighted by atomic mass is 10.2. The Balaban J connectivity index is 1.61. The van der Waals surface area contributed by atoms with E-state index in [9.17, 15) is 13.2 Å². The minimum absolute atomic E-state index is 0.0807. The summed E-state index contributed by atoms with van der Waals surface area (Å²) < 4.78 is 36.4. The van der Waals surface area contributed by atoms with Gasteiger partial charge < -0.3 is 14.4 Å². The van der Waals surface area contributed by atoms with Crippen molar-refractivity contribution < 1.29 is 22.7 Å². The van der Waals surface area contributed by atoms with Gasteiger partial charge in [0, 0.05) is 26.2 Å². The Morgan fingerprint density at radius 1 is 1.17 bits per heavy atom. The molecule has 1 aromatic carbocycles. The number of nitrogens with zero attached hydrogens (tertiary/aromatic N) is 2. The fraction of sp³-hybridized carbons (Fsp3) is 0.533. The molecule has 8 heteroatoms. The number of carbonyl (C=O) groups is 1. The van der Waals surface area contributed by atoms with Gasteiger partial charge >= 0.3 is 0 Å². The predicted molar refractivity (Wildman–Crippen MR) is 84.0 cm³/mol. The summed E-state index contributed by atoms with van der Waals surface area (Å²) in [5.74, 6) is 1.12. The fourth-order valence-electron chi connectivity index (χ4n) is 2.71. The van der Waals surface area contributed by atoms with E-state index in [1.807, 2.05) is 12.1 Å². The molecule has 1 saturated heterocycles. The number of ether oxygens (including phenoxy) is 2. The van der Waals surface area contributed by atoms with E-state index < -0.39 is 16.1 Å². The van der Waals surface area contributed by atoms with E-state index in [2.05, 4.69) is 0 Å². The van der Waals surface area contributed by atoms with Crippen molar-refractivity contribution in [1.29, 1.82) is 0 Å². The molecule has 0 radical (unpaired) electrons. The number of carbonyl (C=O) groups excluding carboxylic acids is 1. The normalized spacial score (nSPS) is 22.0. The van der Waals surface area contributed by atoms with Gasteiger partial charge in [-0.05, 0) is 19.1 Å². The molecule has 0 aliphatic carbocycles. The third-order valence-electron chi connectivity index (χ3n) is 4.09. The van der Waals surface area contributed by atoms with Gasteiger partial charge in [-0.2, -0.15) is 4.31 Å². The summed E-state index contributed by atoms with van der Waals surface area (Å²) in [6.45, 7) is 3.19. The Morgan fingerprint density at radius 2 is 1.83 bits per heavy atom. The third kappa shape index (κ3) is 3.28. The lowest BCUT2D eigenvalue weighted by Gasteiger charge is -2.36. The van der Waals surface area contributed by atoms with Crippen molar-refractivity contribution in [2.45, 2.75) is 13.0 Å². The van der Waals surface area contributed by atoms with Crippen LogP contribution < -0.4 is 9.47 Å². The largest absolute Gasteiger partial charge is 0.485 e. The topological polar surface area (TPSA) is 76.2 Å². The lowest BCUT2D eigenvalue weighted by molar-refractivity contribution is -0.142. The number of amides is 1. The third-order valence-corrected chi connectivity index (χ3v) is 5.97. The van der Waals surface area contributed by atoms with Crippen molar-refractivity contribution in [2.24, 2.45) is 0 Å². The summed E-state index contributed by atoms with van der Waals surface area (Å²) in [5, 5.41) is 0. The minimum atomic E-state index is -3.20. The van der Waals surface area contributed by atoms with Gasteiger partial charge in [-0.25, -0.2) is 8.42 Å². The van der Waals surface area contributed by atoms with Gasteiger partial charge in [0.1, 0.15) is 6.61 Å². The second-order valence-electron chi connectivity index (χ2n) is 5.49. The molecule has 0 spiro atoms. The van der Waals surface area contributed by atoms with Crippen LogP contribution in [0.25, 0.3) is 0 Å². The maximum absolute atomic E-state index is 12.5. The summed E-state index contributed by atoms with van der Waals surface area (Å²) in [7, 11) is -3.20. The average molecular weight is 340 g/mol. The number of fused-ring (bicyclic) bond motifs is 1. The predicted octanol–water partition coefficient (Wildman–Crippen LogP) is 0.320. The summed E-state index contributed by atoms with van der Waals surface area (Å²) in [6, 6.07) is 7.23. The van der Waals surface area contributed by atoms with Crippen LogP contribution in [-0.2, 0) is 14.8 Å². The van der Waals surface area contributed by atoms with Gasteiger partial charge in [-0.3, -0.25) is 4.79 Å². The van der Waals surface area contributed by atoms with Crippen LogP contribution in [0.2, 0.25) is 0 Å². The molecule has 0 bridgehead atoms. The number of hydrogen-bond donors (Lipinski definition) is 0. The number of para-hydroxylation sites is 2. The Labute approximate surface area is 135 Å². The van der Waals surface area contributed by atoms with E-state index in [0.717, 1.165) is 0 Å². The van der Waals surface area contributed by atoms with Gasteiger partial charge in [-0.1, -0.05) is 12.1 Å². The van der Waals surface area contributed by atoms with Crippen molar-refractivity contribution >= 4 is 15.9 Å². The summed E-state index contributed by atoms with van der Waals surface area (Å²) in [5.41, 5.74) is 0. The Kier molecular flexibility index (Phi) is 4.45. The molecule has 3 rings (SSSR count). The molecule has 0 aromatic heterocycles. The average Bonchev–Trinajstić information content (AvgIpc) is 2.60. The molecule has 7 nitrogen and oxygen atoms in total. The van der Waals surface area contributed by atoms with Crippen molar-refractivity contribution in [3.63, 3.8) is 0 Å². The number of hydrogen-bond acceptors (Lipinski definition) is 5. The van der Waals surface area contributed by atoms with Crippen LogP contribution >= 0.6 is 0 Å². The smallest absolute Gasteiger partial charge is 0.267 e. The standard InChI is InChI=1S/C15H20N2O5S/c1-2-23(19,20)17-9-7-16(8-10-17)15(18)14-11-21-12-5-3-4-6-13(12)22-14/h3-6,14H,2,7-11H2,1H3/t14-/m1/s1. The highest BCUT2D eigenvalue weighted by molar-refractivity contribution is 7.89. The Bertz CT molecular complexity index is 683. The summed E-state index contributed by atoms with van der Waals surface area (Å²) in [4.78, 5) is 14.2. The molecule has 1 amide bonds. The quantitative estimate of drug-likeness (QED) is 0.792. The lowest BCUT2D eigenvalue weighted by Crippen LogP contribution is -2.55.